The first-order valence-electron chi connectivity index (χ1n) is 12.2. The summed E-state index contributed by atoms with van der Waals surface area (Å²) in [7, 11) is 0. The fourth-order valence-corrected chi connectivity index (χ4v) is 8.14. The summed E-state index contributed by atoms with van der Waals surface area (Å²) in [6.45, 7) is 17.2. The van der Waals surface area contributed by atoms with Crippen molar-refractivity contribution in [1.82, 2.24) is 0 Å². The van der Waals surface area contributed by atoms with Gasteiger partial charge in [-0.15, -0.1) is 0 Å². The van der Waals surface area contributed by atoms with Crippen LogP contribution in [0.1, 0.15) is 54.4 Å². The number of cyclic esters (lactones) is 2. The van der Waals surface area contributed by atoms with Crippen molar-refractivity contribution in [3.63, 3.8) is 0 Å². The van der Waals surface area contributed by atoms with E-state index in [2.05, 4.69) is 13.2 Å². The number of hydrogen-bond acceptors (Lipinski definition) is 10. The Kier molecular flexibility index (Phi) is 4.66. The van der Waals surface area contributed by atoms with E-state index in [1.54, 1.807) is 26.8 Å². The van der Waals surface area contributed by atoms with Crippen LogP contribution in [0.3, 0.4) is 0 Å². The van der Waals surface area contributed by atoms with E-state index in [1.807, 2.05) is 0 Å². The maximum Gasteiger partial charge on any atom is 0.344 e. The molecular weight excluding hydrogens is 484 g/mol. The lowest BCUT2D eigenvalue weighted by atomic mass is 9.33. The van der Waals surface area contributed by atoms with Crippen LogP contribution < -0.4 is 0 Å². The minimum atomic E-state index is -2.53. The molecule has 3 aliphatic heterocycles. The summed E-state index contributed by atoms with van der Waals surface area (Å²) in [6, 6.07) is 0. The van der Waals surface area contributed by atoms with Gasteiger partial charge in [-0.2, -0.15) is 0 Å². The Bertz CT molecular complexity index is 1250. The first-order valence-corrected chi connectivity index (χ1v) is 12.2. The van der Waals surface area contributed by atoms with Crippen molar-refractivity contribution in [3.05, 3.63) is 36.5 Å². The summed E-state index contributed by atoms with van der Waals surface area (Å²) < 4.78 is 22.6. The summed E-state index contributed by atoms with van der Waals surface area (Å²) in [5.41, 5.74) is -13.0. The second-order valence-corrected chi connectivity index (χ2v) is 11.8. The van der Waals surface area contributed by atoms with Crippen molar-refractivity contribution in [2.75, 3.05) is 0 Å². The lowest BCUT2D eigenvalue weighted by Crippen LogP contribution is -2.86. The average Bonchev–Trinajstić information content (AvgIpc) is 2.99. The zero-order valence-electron chi connectivity index (χ0n) is 21.8. The molecule has 2 spiro atoms. The Hall–Kier alpha value is -2.98. The van der Waals surface area contributed by atoms with Crippen LogP contribution in [0.15, 0.2) is 36.5 Å². The van der Waals surface area contributed by atoms with Gasteiger partial charge in [-0.3, -0.25) is 9.59 Å². The summed E-state index contributed by atoms with van der Waals surface area (Å²) >= 11 is 0. The summed E-state index contributed by atoms with van der Waals surface area (Å²) in [4.78, 5) is 52.0. The van der Waals surface area contributed by atoms with Crippen LogP contribution in [0.4, 0.5) is 0 Å². The minimum absolute atomic E-state index is 0.00187. The van der Waals surface area contributed by atoms with Gasteiger partial charge in [-0.05, 0) is 51.7 Å². The molecule has 200 valence electrons. The number of carbonyl (C=O) groups is 4. The van der Waals surface area contributed by atoms with E-state index in [9.17, 15) is 29.4 Å². The highest BCUT2D eigenvalue weighted by Crippen LogP contribution is 2.77. The van der Waals surface area contributed by atoms with E-state index in [1.165, 1.54) is 19.9 Å². The number of ether oxygens (including phenoxy) is 4. The molecule has 0 aromatic heterocycles. The molecule has 2 N–H and O–H groups in total. The van der Waals surface area contributed by atoms with Gasteiger partial charge in [-0.25, -0.2) is 9.59 Å². The Balaban J connectivity index is 1.89. The average molecular weight is 517 g/mol. The third-order valence-electron chi connectivity index (χ3n) is 10.2. The number of aliphatic hydroxyl groups is 2. The van der Waals surface area contributed by atoms with Gasteiger partial charge >= 0.3 is 23.9 Å². The van der Waals surface area contributed by atoms with Gasteiger partial charge in [-0.1, -0.05) is 26.2 Å². The van der Waals surface area contributed by atoms with Gasteiger partial charge in [0.15, 0.2) is 11.7 Å². The molecule has 5 rings (SSSR count). The van der Waals surface area contributed by atoms with Gasteiger partial charge in [0.2, 0.25) is 5.60 Å². The van der Waals surface area contributed by atoms with Crippen molar-refractivity contribution in [3.8, 4) is 0 Å². The summed E-state index contributed by atoms with van der Waals surface area (Å²) in [6.07, 6.45) is 0.121. The van der Waals surface area contributed by atoms with Crippen molar-refractivity contribution < 1.29 is 48.3 Å². The molecule has 0 aromatic rings. The molecule has 0 amide bonds. The molecule has 2 bridgehead atoms. The van der Waals surface area contributed by atoms with Gasteiger partial charge < -0.3 is 29.2 Å². The van der Waals surface area contributed by atoms with Crippen LogP contribution in [0, 0.1) is 16.2 Å². The molecule has 8 unspecified atom stereocenters. The van der Waals surface area contributed by atoms with Crippen molar-refractivity contribution in [1.29, 1.82) is 0 Å². The minimum Gasteiger partial charge on any atom is -0.458 e. The molecule has 2 saturated carbocycles. The van der Waals surface area contributed by atoms with E-state index in [0.29, 0.717) is 0 Å². The molecule has 2 saturated heterocycles. The van der Waals surface area contributed by atoms with E-state index in [0.717, 1.165) is 6.92 Å². The van der Waals surface area contributed by atoms with Crippen LogP contribution in [0.2, 0.25) is 0 Å². The highest BCUT2D eigenvalue weighted by molar-refractivity contribution is 6.01. The molecule has 0 radical (unpaired) electrons. The smallest absolute Gasteiger partial charge is 0.344 e. The lowest BCUT2D eigenvalue weighted by Gasteiger charge is -2.73. The Morgan fingerprint density at radius 3 is 2.19 bits per heavy atom. The lowest BCUT2D eigenvalue weighted by molar-refractivity contribution is -0.315. The molecule has 3 heterocycles. The normalized spacial score (nSPS) is 49.6. The third kappa shape index (κ3) is 2.28. The van der Waals surface area contributed by atoms with E-state index < -0.39 is 74.7 Å². The topological polar surface area (TPSA) is 146 Å². The Morgan fingerprint density at radius 2 is 1.62 bits per heavy atom. The van der Waals surface area contributed by atoms with Gasteiger partial charge in [0.25, 0.3) is 0 Å². The molecule has 37 heavy (non-hydrogen) atoms. The third-order valence-corrected chi connectivity index (χ3v) is 10.2. The first-order chi connectivity index (χ1) is 16.8. The van der Waals surface area contributed by atoms with Crippen LogP contribution >= 0.6 is 0 Å². The Morgan fingerprint density at radius 1 is 1.00 bits per heavy atom. The maximum atomic E-state index is 13.8. The zero-order chi connectivity index (χ0) is 27.8. The molecule has 10 heteroatoms. The van der Waals surface area contributed by atoms with Crippen molar-refractivity contribution >= 4 is 23.9 Å². The molecule has 4 fully saturated rings. The number of rotatable bonds is 1. The number of esters is 4. The summed E-state index contributed by atoms with van der Waals surface area (Å²) in [5, 5.41) is 25.0. The number of fused-ring (bicyclic) bond motifs is 2. The quantitative estimate of drug-likeness (QED) is 0.298. The fourth-order valence-electron chi connectivity index (χ4n) is 8.14. The molecule has 10 nitrogen and oxygen atoms in total. The van der Waals surface area contributed by atoms with Crippen molar-refractivity contribution in [2.24, 2.45) is 16.2 Å². The van der Waals surface area contributed by atoms with Crippen LogP contribution in [0.5, 0.6) is 0 Å². The van der Waals surface area contributed by atoms with E-state index in [4.69, 9.17) is 18.9 Å². The summed E-state index contributed by atoms with van der Waals surface area (Å²) in [5.74, 6) is -3.44. The predicted molar refractivity (Wildman–Crippen MR) is 125 cm³/mol. The maximum absolute atomic E-state index is 13.8. The molecule has 2 aliphatic carbocycles. The highest BCUT2D eigenvalue weighted by Gasteiger charge is 2.92. The van der Waals surface area contributed by atoms with Gasteiger partial charge in [0, 0.05) is 18.4 Å². The Labute approximate surface area is 214 Å². The monoisotopic (exact) mass is 516 g/mol. The van der Waals surface area contributed by atoms with Crippen LogP contribution in [-0.2, 0) is 38.1 Å². The van der Waals surface area contributed by atoms with Gasteiger partial charge in [0.1, 0.15) is 22.7 Å². The van der Waals surface area contributed by atoms with Gasteiger partial charge in [0.05, 0.1) is 5.41 Å². The predicted octanol–water partition coefficient (Wildman–Crippen LogP) is 1.43. The van der Waals surface area contributed by atoms with E-state index >= 15 is 0 Å². The first kappa shape index (κ1) is 25.7. The molecule has 8 atom stereocenters. The largest absolute Gasteiger partial charge is 0.458 e. The standard InChI is InChI=1S/C27H32O10/c1-13-23(8)18(35-16(4)28)26(32)14(2)24(10-9-17(29)36-21(24,5)6)12-11-22(26,7)25(13)19(30)34-15(3)27(25,33)20(31)37-23/h9-10,15,18,32-33H,1-2,11-12H2,3-8H3. The second-order valence-electron chi connectivity index (χ2n) is 11.8. The SMILES string of the molecule is C=C1C2(C=CC(=O)OC2(C)C)CCC2(C)C1(O)C(OC(C)=O)C1(C)OC(=O)C3(O)C(C)OC(=O)C32C1=C. The fraction of sp³-hybridized carbons (Fsp3) is 0.630. The molecule has 5 aliphatic rings. The molecular formula is C27H32O10. The highest BCUT2D eigenvalue weighted by atomic mass is 16.6. The van der Waals surface area contributed by atoms with E-state index in [-0.39, 0.29) is 24.0 Å². The number of carbonyl (C=O) groups excluding carboxylic acids is 4. The number of hydrogen-bond donors (Lipinski definition) is 2. The van der Waals surface area contributed by atoms with Crippen LogP contribution in [-0.4, -0.2) is 68.7 Å². The molecule has 0 aromatic carbocycles. The van der Waals surface area contributed by atoms with Crippen LogP contribution in [0.25, 0.3) is 0 Å². The second kappa shape index (κ2) is 6.71. The van der Waals surface area contributed by atoms with Crippen molar-refractivity contribution in [2.45, 2.75) is 89.0 Å². The zero-order valence-corrected chi connectivity index (χ0v) is 21.8.